The van der Waals surface area contributed by atoms with Gasteiger partial charge in [-0.3, -0.25) is 4.79 Å². The van der Waals surface area contributed by atoms with Crippen LogP contribution in [0.25, 0.3) is 0 Å². The van der Waals surface area contributed by atoms with Crippen molar-refractivity contribution in [3.8, 4) is 0 Å². The van der Waals surface area contributed by atoms with Gasteiger partial charge in [0, 0.05) is 0 Å². The van der Waals surface area contributed by atoms with E-state index in [-0.39, 0.29) is 12.2 Å². The van der Waals surface area contributed by atoms with Gasteiger partial charge in [0.05, 0.1) is 12.2 Å². The number of rotatable bonds is 15. The minimum Gasteiger partial charge on any atom is -0.481 e. The Morgan fingerprint density at radius 3 is 2.08 bits per heavy atom. The average Bonchev–Trinajstić information content (AvgIpc) is 3.01. The number of carboxylic acid groups (broad SMARTS) is 1. The molecule has 0 radical (unpaired) electrons. The zero-order chi connectivity index (χ0) is 17.6. The van der Waals surface area contributed by atoms with Gasteiger partial charge in [0.2, 0.25) is 0 Å². The van der Waals surface area contributed by atoms with Gasteiger partial charge in [-0.15, -0.1) is 0 Å². The standard InChI is InChI=1S/C20H36O4/c1-2-3-4-5-6-7-8-9-10-11-12-18-13-14-19(24-18)15-17(16-21)20(22)23/h16-19H,2-15H2,1H3,(H,22,23). The van der Waals surface area contributed by atoms with Crippen LogP contribution < -0.4 is 0 Å². The van der Waals surface area contributed by atoms with Crippen LogP contribution in [0.1, 0.15) is 96.8 Å². The molecule has 0 aromatic carbocycles. The van der Waals surface area contributed by atoms with Gasteiger partial charge in [-0.2, -0.15) is 0 Å². The Kier molecular flexibility index (Phi) is 11.8. The van der Waals surface area contributed by atoms with E-state index in [4.69, 9.17) is 9.84 Å². The fourth-order valence-electron chi connectivity index (χ4n) is 3.52. The molecule has 0 saturated carbocycles. The zero-order valence-electron chi connectivity index (χ0n) is 15.4. The van der Waals surface area contributed by atoms with Crippen LogP contribution in [0.2, 0.25) is 0 Å². The maximum atomic E-state index is 10.9. The Morgan fingerprint density at radius 1 is 1.00 bits per heavy atom. The smallest absolute Gasteiger partial charge is 0.313 e. The highest BCUT2D eigenvalue weighted by Gasteiger charge is 2.29. The third-order valence-electron chi connectivity index (χ3n) is 5.07. The number of aldehydes is 1. The van der Waals surface area contributed by atoms with Crippen molar-refractivity contribution in [2.75, 3.05) is 0 Å². The molecular formula is C20H36O4. The molecule has 1 N–H and O–H groups in total. The lowest BCUT2D eigenvalue weighted by atomic mass is 10.0. The van der Waals surface area contributed by atoms with E-state index in [0.717, 1.165) is 19.3 Å². The fourth-order valence-corrected chi connectivity index (χ4v) is 3.52. The van der Waals surface area contributed by atoms with E-state index in [1.54, 1.807) is 0 Å². The van der Waals surface area contributed by atoms with Crippen LogP contribution in [0.5, 0.6) is 0 Å². The second kappa shape index (κ2) is 13.4. The summed E-state index contributed by atoms with van der Waals surface area (Å²) in [6, 6.07) is 0. The number of carboxylic acids is 1. The van der Waals surface area contributed by atoms with E-state index in [9.17, 15) is 9.59 Å². The first kappa shape index (κ1) is 21.1. The molecule has 0 bridgehead atoms. The van der Waals surface area contributed by atoms with Crippen LogP contribution in [0.3, 0.4) is 0 Å². The number of aliphatic carboxylic acids is 1. The second-order valence-electron chi connectivity index (χ2n) is 7.24. The van der Waals surface area contributed by atoms with Gasteiger partial charge < -0.3 is 14.6 Å². The maximum absolute atomic E-state index is 10.9. The third kappa shape index (κ3) is 9.41. The molecule has 0 aromatic heterocycles. The number of hydrogen-bond donors (Lipinski definition) is 1. The molecule has 0 aromatic rings. The van der Waals surface area contributed by atoms with E-state index in [2.05, 4.69) is 6.92 Å². The Labute approximate surface area is 147 Å². The predicted molar refractivity (Wildman–Crippen MR) is 96.2 cm³/mol. The number of carbonyl (C=O) groups is 2. The molecule has 24 heavy (non-hydrogen) atoms. The molecule has 4 nitrogen and oxygen atoms in total. The molecule has 1 aliphatic heterocycles. The van der Waals surface area contributed by atoms with E-state index < -0.39 is 11.9 Å². The maximum Gasteiger partial charge on any atom is 0.313 e. The van der Waals surface area contributed by atoms with Crippen LogP contribution >= 0.6 is 0 Å². The molecule has 1 rings (SSSR count). The van der Waals surface area contributed by atoms with Crippen LogP contribution in [0, 0.1) is 5.92 Å². The van der Waals surface area contributed by atoms with Crippen LogP contribution in [-0.4, -0.2) is 29.6 Å². The van der Waals surface area contributed by atoms with E-state index in [0.29, 0.717) is 12.7 Å². The SMILES string of the molecule is CCCCCCCCCCCCC1CCC(CC(C=O)C(=O)O)O1. The quantitative estimate of drug-likeness (QED) is 0.255. The summed E-state index contributed by atoms with van der Waals surface area (Å²) in [5.74, 6) is -1.95. The highest BCUT2D eigenvalue weighted by molar-refractivity contribution is 5.86. The average molecular weight is 341 g/mol. The highest BCUT2D eigenvalue weighted by Crippen LogP contribution is 2.28. The molecule has 1 fully saturated rings. The van der Waals surface area contributed by atoms with Gasteiger partial charge in [-0.1, -0.05) is 71.1 Å². The second-order valence-corrected chi connectivity index (χ2v) is 7.24. The molecule has 140 valence electrons. The number of ether oxygens (including phenoxy) is 1. The summed E-state index contributed by atoms with van der Waals surface area (Å²) in [4.78, 5) is 21.6. The van der Waals surface area contributed by atoms with Crippen molar-refractivity contribution in [1.29, 1.82) is 0 Å². The number of unbranched alkanes of at least 4 members (excludes halogenated alkanes) is 9. The Morgan fingerprint density at radius 2 is 1.54 bits per heavy atom. The fraction of sp³-hybridized carbons (Fsp3) is 0.900. The summed E-state index contributed by atoms with van der Waals surface area (Å²) in [5, 5.41) is 8.92. The predicted octanol–water partition coefficient (Wildman–Crippen LogP) is 5.13. The van der Waals surface area contributed by atoms with E-state index in [1.165, 1.54) is 64.2 Å². The normalized spacial score (nSPS) is 21.7. The van der Waals surface area contributed by atoms with Crippen molar-refractivity contribution in [3.05, 3.63) is 0 Å². The van der Waals surface area contributed by atoms with E-state index >= 15 is 0 Å². The minimum absolute atomic E-state index is 0.0515. The van der Waals surface area contributed by atoms with Gasteiger partial charge in [-0.25, -0.2) is 0 Å². The Balaban J connectivity index is 1.95. The molecule has 1 aliphatic rings. The largest absolute Gasteiger partial charge is 0.481 e. The highest BCUT2D eigenvalue weighted by atomic mass is 16.5. The molecule has 4 heteroatoms. The topological polar surface area (TPSA) is 63.6 Å². The van der Waals surface area contributed by atoms with Crippen molar-refractivity contribution in [1.82, 2.24) is 0 Å². The molecule has 1 saturated heterocycles. The number of carbonyl (C=O) groups excluding carboxylic acids is 1. The molecule has 0 spiro atoms. The van der Waals surface area contributed by atoms with Crippen LogP contribution in [-0.2, 0) is 14.3 Å². The van der Waals surface area contributed by atoms with Crippen molar-refractivity contribution < 1.29 is 19.4 Å². The molecular weight excluding hydrogens is 304 g/mol. The first-order valence-corrected chi connectivity index (χ1v) is 10.0. The lowest BCUT2D eigenvalue weighted by molar-refractivity contribution is -0.145. The Hall–Kier alpha value is -0.900. The molecule has 3 atom stereocenters. The van der Waals surface area contributed by atoms with Gasteiger partial charge in [0.25, 0.3) is 0 Å². The summed E-state index contributed by atoms with van der Waals surface area (Å²) in [6.45, 7) is 2.25. The summed E-state index contributed by atoms with van der Waals surface area (Å²) in [6.07, 6.45) is 17.4. The number of hydrogen-bond acceptors (Lipinski definition) is 3. The van der Waals surface area contributed by atoms with Gasteiger partial charge >= 0.3 is 5.97 Å². The first-order chi connectivity index (χ1) is 11.7. The molecule has 0 amide bonds. The summed E-state index contributed by atoms with van der Waals surface area (Å²) < 4.78 is 5.90. The van der Waals surface area contributed by atoms with Gasteiger partial charge in [0.15, 0.2) is 0 Å². The van der Waals surface area contributed by atoms with Crippen LogP contribution in [0.15, 0.2) is 0 Å². The third-order valence-corrected chi connectivity index (χ3v) is 5.07. The van der Waals surface area contributed by atoms with Crippen molar-refractivity contribution >= 4 is 12.3 Å². The summed E-state index contributed by atoms with van der Waals surface area (Å²) >= 11 is 0. The van der Waals surface area contributed by atoms with Crippen molar-refractivity contribution in [2.45, 2.75) is 109 Å². The molecule has 3 unspecified atom stereocenters. The summed E-state index contributed by atoms with van der Waals surface area (Å²) in [5.41, 5.74) is 0. The van der Waals surface area contributed by atoms with Crippen LogP contribution in [0.4, 0.5) is 0 Å². The van der Waals surface area contributed by atoms with E-state index in [1.807, 2.05) is 0 Å². The van der Waals surface area contributed by atoms with Crippen molar-refractivity contribution in [3.63, 3.8) is 0 Å². The van der Waals surface area contributed by atoms with Gasteiger partial charge in [0.1, 0.15) is 12.2 Å². The Bertz CT molecular complexity index is 343. The molecule has 0 aliphatic carbocycles. The zero-order valence-corrected chi connectivity index (χ0v) is 15.4. The van der Waals surface area contributed by atoms with Gasteiger partial charge in [-0.05, 0) is 25.7 Å². The molecule has 1 heterocycles. The lowest BCUT2D eigenvalue weighted by Crippen LogP contribution is -2.22. The minimum atomic E-state index is -1.04. The monoisotopic (exact) mass is 340 g/mol. The summed E-state index contributed by atoms with van der Waals surface area (Å²) in [7, 11) is 0. The lowest BCUT2D eigenvalue weighted by Gasteiger charge is -2.15. The first-order valence-electron chi connectivity index (χ1n) is 10.0. The van der Waals surface area contributed by atoms with Crippen molar-refractivity contribution in [2.24, 2.45) is 5.92 Å².